The van der Waals surface area contributed by atoms with Gasteiger partial charge < -0.3 is 10.5 Å². The minimum atomic E-state index is 0.239. The minimum Gasteiger partial charge on any atom is -0.493 e. The van der Waals surface area contributed by atoms with E-state index >= 15 is 0 Å². The summed E-state index contributed by atoms with van der Waals surface area (Å²) in [5.74, 6) is 1.92. The van der Waals surface area contributed by atoms with Crippen molar-refractivity contribution in [3.63, 3.8) is 0 Å². The molecule has 0 aromatic heterocycles. The Hall–Kier alpha value is -0.730. The first kappa shape index (κ1) is 15.2. The van der Waals surface area contributed by atoms with Gasteiger partial charge in [-0.3, -0.25) is 0 Å². The number of fused-ring (bicyclic) bond motifs is 1. The highest BCUT2D eigenvalue weighted by molar-refractivity contribution is 6.30. The number of hydrogen-bond donors (Lipinski definition) is 1. The maximum absolute atomic E-state index is 6.30. The molecule has 1 aromatic rings. The Labute approximate surface area is 133 Å². The topological polar surface area (TPSA) is 35.2 Å². The molecule has 2 atom stereocenters. The van der Waals surface area contributed by atoms with Crippen LogP contribution in [0, 0.1) is 11.3 Å². The first-order valence-corrected chi connectivity index (χ1v) is 8.68. The second kappa shape index (κ2) is 6.18. The van der Waals surface area contributed by atoms with Crippen molar-refractivity contribution in [2.45, 2.75) is 51.9 Å². The minimum absolute atomic E-state index is 0.239. The monoisotopic (exact) mass is 307 g/mol. The third-order valence-electron chi connectivity index (χ3n) is 5.44. The van der Waals surface area contributed by atoms with Crippen molar-refractivity contribution in [1.82, 2.24) is 0 Å². The number of benzene rings is 1. The lowest BCUT2D eigenvalue weighted by Gasteiger charge is -2.40. The van der Waals surface area contributed by atoms with Gasteiger partial charge in [0, 0.05) is 11.4 Å². The second-order valence-corrected chi connectivity index (χ2v) is 7.34. The Balaban J connectivity index is 1.87. The molecule has 1 heterocycles. The molecule has 0 spiro atoms. The van der Waals surface area contributed by atoms with Crippen LogP contribution in [0.4, 0.5) is 0 Å². The van der Waals surface area contributed by atoms with Gasteiger partial charge in [0.1, 0.15) is 5.75 Å². The van der Waals surface area contributed by atoms with Crippen LogP contribution in [0.3, 0.4) is 0 Å². The number of rotatable bonds is 4. The summed E-state index contributed by atoms with van der Waals surface area (Å²) in [5, 5.41) is 0.837. The Morgan fingerprint density at radius 3 is 3.05 bits per heavy atom. The molecule has 0 saturated heterocycles. The molecule has 116 valence electrons. The number of halogens is 1. The van der Waals surface area contributed by atoms with Crippen LogP contribution < -0.4 is 10.5 Å². The summed E-state index contributed by atoms with van der Waals surface area (Å²) in [4.78, 5) is 0. The molecule has 21 heavy (non-hydrogen) atoms. The number of ether oxygens (including phenoxy) is 1. The average molecular weight is 308 g/mol. The molecule has 0 bridgehead atoms. The van der Waals surface area contributed by atoms with Crippen molar-refractivity contribution in [2.75, 3.05) is 13.2 Å². The van der Waals surface area contributed by atoms with Crippen LogP contribution in [0.5, 0.6) is 5.75 Å². The smallest absolute Gasteiger partial charge is 0.125 e. The largest absolute Gasteiger partial charge is 0.493 e. The van der Waals surface area contributed by atoms with E-state index in [0.717, 1.165) is 42.7 Å². The van der Waals surface area contributed by atoms with Crippen LogP contribution in [0.15, 0.2) is 12.1 Å². The summed E-state index contributed by atoms with van der Waals surface area (Å²) in [7, 11) is 0. The summed E-state index contributed by atoms with van der Waals surface area (Å²) >= 11 is 6.30. The maximum Gasteiger partial charge on any atom is 0.125 e. The van der Waals surface area contributed by atoms with E-state index in [1.54, 1.807) is 0 Å². The van der Waals surface area contributed by atoms with E-state index in [2.05, 4.69) is 19.1 Å². The normalized spacial score (nSPS) is 28.2. The van der Waals surface area contributed by atoms with Crippen LogP contribution in [0.25, 0.3) is 0 Å². The molecule has 1 aromatic carbocycles. The predicted octanol–water partition coefficient (Wildman–Crippen LogP) is 4.36. The van der Waals surface area contributed by atoms with Crippen molar-refractivity contribution >= 4 is 11.6 Å². The molecule has 3 heteroatoms. The van der Waals surface area contributed by atoms with E-state index < -0.39 is 0 Å². The molecule has 0 radical (unpaired) electrons. The SMILES string of the molecule is CCC1CCCC(CN)(Cc2cc(Cl)cc3c2OCC3)C1. The molecule has 1 aliphatic heterocycles. The van der Waals surface area contributed by atoms with E-state index in [9.17, 15) is 0 Å². The van der Waals surface area contributed by atoms with Crippen molar-refractivity contribution in [1.29, 1.82) is 0 Å². The zero-order valence-corrected chi connectivity index (χ0v) is 13.7. The van der Waals surface area contributed by atoms with Crippen LogP contribution >= 0.6 is 11.6 Å². The molecule has 1 aliphatic carbocycles. The first-order chi connectivity index (χ1) is 10.2. The Bertz CT molecular complexity index is 516. The molecular formula is C18H26ClNO. The molecular weight excluding hydrogens is 282 g/mol. The lowest BCUT2D eigenvalue weighted by Crippen LogP contribution is -2.37. The Morgan fingerprint density at radius 1 is 1.43 bits per heavy atom. The van der Waals surface area contributed by atoms with Crippen molar-refractivity contribution in [3.05, 3.63) is 28.3 Å². The lowest BCUT2D eigenvalue weighted by atomic mass is 9.66. The standard InChI is InChI=1S/C18H26ClNO/c1-2-13-4-3-6-18(10-13,12-20)11-15-9-16(19)8-14-5-7-21-17(14)15/h8-9,13H,2-7,10-12,20H2,1H3. The molecule has 3 rings (SSSR count). The van der Waals surface area contributed by atoms with Crippen LogP contribution in [-0.2, 0) is 12.8 Å². The summed E-state index contributed by atoms with van der Waals surface area (Å²) < 4.78 is 5.87. The summed E-state index contributed by atoms with van der Waals surface area (Å²) in [6.07, 6.45) is 8.43. The van der Waals surface area contributed by atoms with Crippen LogP contribution in [0.2, 0.25) is 5.02 Å². The molecule has 1 fully saturated rings. The van der Waals surface area contributed by atoms with Gasteiger partial charge >= 0.3 is 0 Å². The average Bonchev–Trinajstić information content (AvgIpc) is 2.95. The van der Waals surface area contributed by atoms with E-state index in [1.807, 2.05) is 0 Å². The summed E-state index contributed by atoms with van der Waals surface area (Å²) in [5.41, 5.74) is 9.00. The molecule has 2 unspecified atom stereocenters. The number of hydrogen-bond acceptors (Lipinski definition) is 2. The fourth-order valence-electron chi connectivity index (χ4n) is 4.23. The number of nitrogens with two attached hydrogens (primary N) is 1. The zero-order chi connectivity index (χ0) is 14.9. The lowest BCUT2D eigenvalue weighted by molar-refractivity contribution is 0.141. The van der Waals surface area contributed by atoms with Gasteiger partial charge in [-0.2, -0.15) is 0 Å². The zero-order valence-electron chi connectivity index (χ0n) is 13.0. The highest BCUT2D eigenvalue weighted by Crippen LogP contribution is 2.45. The van der Waals surface area contributed by atoms with Gasteiger partial charge in [-0.25, -0.2) is 0 Å². The van der Waals surface area contributed by atoms with Crippen molar-refractivity contribution < 1.29 is 4.74 Å². The van der Waals surface area contributed by atoms with Crippen molar-refractivity contribution in [3.8, 4) is 5.75 Å². The van der Waals surface area contributed by atoms with E-state index in [-0.39, 0.29) is 5.41 Å². The quantitative estimate of drug-likeness (QED) is 0.897. The van der Waals surface area contributed by atoms with Crippen molar-refractivity contribution in [2.24, 2.45) is 17.1 Å². The molecule has 1 saturated carbocycles. The van der Waals surface area contributed by atoms with Gasteiger partial charge in [-0.1, -0.05) is 37.8 Å². The Kier molecular flexibility index (Phi) is 4.46. The first-order valence-electron chi connectivity index (χ1n) is 8.30. The molecule has 0 amide bonds. The van der Waals surface area contributed by atoms with Gasteiger partial charge in [-0.05, 0) is 60.4 Å². The fraction of sp³-hybridized carbons (Fsp3) is 0.667. The maximum atomic E-state index is 6.30. The molecule has 2 N–H and O–H groups in total. The molecule has 2 aliphatic rings. The second-order valence-electron chi connectivity index (χ2n) is 6.90. The van der Waals surface area contributed by atoms with Gasteiger partial charge in [-0.15, -0.1) is 0 Å². The van der Waals surface area contributed by atoms with Crippen LogP contribution in [-0.4, -0.2) is 13.2 Å². The fourth-order valence-corrected chi connectivity index (χ4v) is 4.49. The van der Waals surface area contributed by atoms with E-state index in [0.29, 0.717) is 0 Å². The van der Waals surface area contributed by atoms with Gasteiger partial charge in [0.05, 0.1) is 6.61 Å². The van der Waals surface area contributed by atoms with Gasteiger partial charge in [0.2, 0.25) is 0 Å². The third-order valence-corrected chi connectivity index (χ3v) is 5.66. The Morgan fingerprint density at radius 2 is 2.29 bits per heavy atom. The summed E-state index contributed by atoms with van der Waals surface area (Å²) in [6.45, 7) is 3.86. The highest BCUT2D eigenvalue weighted by atomic mass is 35.5. The highest BCUT2D eigenvalue weighted by Gasteiger charge is 2.36. The third kappa shape index (κ3) is 3.07. The summed E-state index contributed by atoms with van der Waals surface area (Å²) in [6, 6.07) is 4.15. The van der Waals surface area contributed by atoms with Gasteiger partial charge in [0.15, 0.2) is 0 Å². The van der Waals surface area contributed by atoms with Gasteiger partial charge in [0.25, 0.3) is 0 Å². The van der Waals surface area contributed by atoms with E-state index in [4.69, 9.17) is 22.1 Å². The molecule has 2 nitrogen and oxygen atoms in total. The predicted molar refractivity (Wildman–Crippen MR) is 88.1 cm³/mol. The van der Waals surface area contributed by atoms with Crippen LogP contribution in [0.1, 0.15) is 50.2 Å². The van der Waals surface area contributed by atoms with E-state index in [1.165, 1.54) is 43.2 Å².